The second kappa shape index (κ2) is 6.93. The van der Waals surface area contributed by atoms with E-state index < -0.39 is 5.82 Å². The molecular weight excluding hydrogens is 275 g/mol. The standard InChI is InChI=1S/C16H14ClFN2/c17-15-8-7-13(11-16(15)18)12-20(10-4-9-19)14-5-2-1-3-6-14/h1-3,5-8,11H,4,10,12H2. The number of nitriles is 1. The summed E-state index contributed by atoms with van der Waals surface area (Å²) in [5.74, 6) is -0.419. The summed E-state index contributed by atoms with van der Waals surface area (Å²) in [5, 5.41) is 8.88. The first-order valence-electron chi connectivity index (χ1n) is 6.31. The largest absolute Gasteiger partial charge is 0.366 e. The van der Waals surface area contributed by atoms with Gasteiger partial charge in [-0.3, -0.25) is 0 Å². The second-order valence-electron chi connectivity index (χ2n) is 4.41. The van der Waals surface area contributed by atoms with E-state index in [0.717, 1.165) is 11.3 Å². The molecule has 102 valence electrons. The summed E-state index contributed by atoms with van der Waals surface area (Å²) in [6, 6.07) is 16.7. The average Bonchev–Trinajstić information content (AvgIpc) is 2.48. The Morgan fingerprint density at radius 1 is 1.15 bits per heavy atom. The number of rotatable bonds is 5. The quantitative estimate of drug-likeness (QED) is 0.815. The van der Waals surface area contributed by atoms with E-state index in [-0.39, 0.29) is 5.02 Å². The van der Waals surface area contributed by atoms with Gasteiger partial charge in [0, 0.05) is 18.8 Å². The van der Waals surface area contributed by atoms with Crippen molar-refractivity contribution in [3.63, 3.8) is 0 Å². The number of anilines is 1. The molecular formula is C16H14ClFN2. The van der Waals surface area contributed by atoms with Crippen LogP contribution in [0.5, 0.6) is 0 Å². The third-order valence-corrected chi connectivity index (χ3v) is 3.28. The molecule has 2 rings (SSSR count). The molecule has 0 unspecified atom stereocenters. The Balaban J connectivity index is 2.19. The van der Waals surface area contributed by atoms with E-state index in [2.05, 4.69) is 6.07 Å². The van der Waals surface area contributed by atoms with Crippen molar-refractivity contribution in [2.24, 2.45) is 0 Å². The van der Waals surface area contributed by atoms with E-state index in [1.807, 2.05) is 35.2 Å². The van der Waals surface area contributed by atoms with Crippen molar-refractivity contribution in [2.75, 3.05) is 11.4 Å². The van der Waals surface area contributed by atoms with E-state index >= 15 is 0 Å². The van der Waals surface area contributed by atoms with Gasteiger partial charge in [-0.1, -0.05) is 35.9 Å². The highest BCUT2D eigenvalue weighted by molar-refractivity contribution is 6.30. The summed E-state index contributed by atoms with van der Waals surface area (Å²) < 4.78 is 13.5. The molecule has 4 heteroatoms. The number of hydrogen-bond acceptors (Lipinski definition) is 2. The Labute approximate surface area is 123 Å². The molecule has 0 atom stereocenters. The minimum Gasteiger partial charge on any atom is -0.366 e. The lowest BCUT2D eigenvalue weighted by molar-refractivity contribution is 0.625. The number of halogens is 2. The van der Waals surface area contributed by atoms with Gasteiger partial charge in [-0.2, -0.15) is 5.26 Å². The minimum absolute atomic E-state index is 0.122. The van der Waals surface area contributed by atoms with Crippen molar-refractivity contribution in [1.29, 1.82) is 5.26 Å². The zero-order valence-electron chi connectivity index (χ0n) is 10.9. The number of hydrogen-bond donors (Lipinski definition) is 0. The molecule has 0 aliphatic heterocycles. The first-order chi connectivity index (χ1) is 9.70. The topological polar surface area (TPSA) is 27.0 Å². The van der Waals surface area contributed by atoms with Gasteiger partial charge in [-0.05, 0) is 29.8 Å². The lowest BCUT2D eigenvalue weighted by atomic mass is 10.2. The van der Waals surface area contributed by atoms with Crippen molar-refractivity contribution in [3.05, 3.63) is 64.9 Å². The Bertz CT molecular complexity index is 608. The molecule has 0 saturated carbocycles. The van der Waals surface area contributed by atoms with Crippen molar-refractivity contribution >= 4 is 17.3 Å². The van der Waals surface area contributed by atoms with Crippen LogP contribution in [0, 0.1) is 17.1 Å². The van der Waals surface area contributed by atoms with Gasteiger partial charge in [0.2, 0.25) is 0 Å². The van der Waals surface area contributed by atoms with Crippen LogP contribution in [-0.4, -0.2) is 6.54 Å². The summed E-state index contributed by atoms with van der Waals surface area (Å²) in [6.07, 6.45) is 0.422. The van der Waals surface area contributed by atoms with E-state index in [1.54, 1.807) is 12.1 Å². The molecule has 0 spiro atoms. The molecule has 0 bridgehead atoms. The fourth-order valence-corrected chi connectivity index (χ4v) is 2.10. The Morgan fingerprint density at radius 3 is 2.55 bits per heavy atom. The van der Waals surface area contributed by atoms with Gasteiger partial charge in [-0.25, -0.2) is 4.39 Å². The van der Waals surface area contributed by atoms with Gasteiger partial charge in [0.15, 0.2) is 0 Å². The third-order valence-electron chi connectivity index (χ3n) is 2.97. The lowest BCUT2D eigenvalue weighted by Crippen LogP contribution is -2.23. The van der Waals surface area contributed by atoms with Crippen LogP contribution in [-0.2, 0) is 6.54 Å². The zero-order chi connectivity index (χ0) is 14.4. The Hall–Kier alpha value is -2.05. The highest BCUT2D eigenvalue weighted by atomic mass is 35.5. The average molecular weight is 289 g/mol. The summed E-state index contributed by atoms with van der Waals surface area (Å²) in [7, 11) is 0. The molecule has 20 heavy (non-hydrogen) atoms. The van der Waals surface area contributed by atoms with E-state index in [1.165, 1.54) is 6.07 Å². The van der Waals surface area contributed by atoms with E-state index in [9.17, 15) is 4.39 Å². The Morgan fingerprint density at radius 2 is 1.90 bits per heavy atom. The van der Waals surface area contributed by atoms with Crippen molar-refractivity contribution in [2.45, 2.75) is 13.0 Å². The van der Waals surface area contributed by atoms with Gasteiger partial charge in [-0.15, -0.1) is 0 Å². The minimum atomic E-state index is -0.419. The molecule has 0 aliphatic rings. The molecule has 0 aliphatic carbocycles. The SMILES string of the molecule is N#CCCN(Cc1ccc(Cl)c(F)c1)c1ccccc1. The van der Waals surface area contributed by atoms with Gasteiger partial charge in [0.05, 0.1) is 17.5 Å². The van der Waals surface area contributed by atoms with Crippen LogP contribution in [0.1, 0.15) is 12.0 Å². The maximum Gasteiger partial charge on any atom is 0.142 e. The Kier molecular flexibility index (Phi) is 4.97. The van der Waals surface area contributed by atoms with Crippen LogP contribution >= 0.6 is 11.6 Å². The predicted octanol–water partition coefficient (Wildman–Crippen LogP) is 4.40. The molecule has 2 nitrogen and oxygen atoms in total. The number of para-hydroxylation sites is 1. The second-order valence-corrected chi connectivity index (χ2v) is 4.82. The van der Waals surface area contributed by atoms with Crippen LogP contribution in [0.3, 0.4) is 0 Å². The van der Waals surface area contributed by atoms with Gasteiger partial charge in [0.25, 0.3) is 0 Å². The van der Waals surface area contributed by atoms with Gasteiger partial charge < -0.3 is 4.90 Å². The van der Waals surface area contributed by atoms with Crippen molar-refractivity contribution in [1.82, 2.24) is 0 Å². The zero-order valence-corrected chi connectivity index (χ0v) is 11.6. The summed E-state index contributed by atoms with van der Waals surface area (Å²) >= 11 is 5.69. The van der Waals surface area contributed by atoms with Crippen LogP contribution < -0.4 is 4.90 Å². The molecule has 0 radical (unpaired) electrons. The molecule has 0 N–H and O–H groups in total. The maximum absolute atomic E-state index is 13.5. The molecule has 0 saturated heterocycles. The van der Waals surface area contributed by atoms with Crippen LogP contribution in [0.4, 0.5) is 10.1 Å². The molecule has 0 fully saturated rings. The summed E-state index contributed by atoms with van der Waals surface area (Å²) in [5.41, 5.74) is 1.84. The first kappa shape index (κ1) is 14.4. The normalized spacial score (nSPS) is 10.1. The van der Waals surface area contributed by atoms with Crippen molar-refractivity contribution in [3.8, 4) is 6.07 Å². The lowest BCUT2D eigenvalue weighted by Gasteiger charge is -2.24. The van der Waals surface area contributed by atoms with Crippen LogP contribution in [0.2, 0.25) is 5.02 Å². The van der Waals surface area contributed by atoms with E-state index in [4.69, 9.17) is 16.9 Å². The van der Waals surface area contributed by atoms with E-state index in [0.29, 0.717) is 19.5 Å². The fraction of sp³-hybridized carbons (Fsp3) is 0.188. The predicted molar refractivity (Wildman–Crippen MR) is 79.1 cm³/mol. The van der Waals surface area contributed by atoms with Crippen LogP contribution in [0.15, 0.2) is 48.5 Å². The van der Waals surface area contributed by atoms with Crippen molar-refractivity contribution < 1.29 is 4.39 Å². The molecule has 2 aromatic rings. The highest BCUT2D eigenvalue weighted by Crippen LogP contribution is 2.20. The van der Waals surface area contributed by atoms with Gasteiger partial charge in [0.1, 0.15) is 5.82 Å². The monoisotopic (exact) mass is 288 g/mol. The fourth-order valence-electron chi connectivity index (χ4n) is 1.98. The summed E-state index contributed by atoms with van der Waals surface area (Å²) in [4.78, 5) is 2.05. The molecule has 2 aromatic carbocycles. The molecule has 0 heterocycles. The highest BCUT2D eigenvalue weighted by Gasteiger charge is 2.08. The molecule has 0 aromatic heterocycles. The number of nitrogens with zero attached hydrogens (tertiary/aromatic N) is 2. The van der Waals surface area contributed by atoms with Crippen LogP contribution in [0.25, 0.3) is 0 Å². The molecule has 0 amide bonds. The first-order valence-corrected chi connectivity index (χ1v) is 6.69. The summed E-state index contributed by atoms with van der Waals surface area (Å²) in [6.45, 7) is 1.14. The smallest absolute Gasteiger partial charge is 0.142 e. The maximum atomic E-state index is 13.5. The van der Waals surface area contributed by atoms with Gasteiger partial charge >= 0.3 is 0 Å². The number of benzene rings is 2. The third kappa shape index (κ3) is 3.72.